The second-order valence-electron chi connectivity index (χ2n) is 6.42. The van der Waals surface area contributed by atoms with Gasteiger partial charge < -0.3 is 9.64 Å². The molecule has 1 fully saturated rings. The van der Waals surface area contributed by atoms with E-state index in [1.165, 1.54) is 0 Å². The van der Waals surface area contributed by atoms with E-state index >= 15 is 0 Å². The number of para-hydroxylation sites is 1. The Kier molecular flexibility index (Phi) is 5.30. The molecule has 1 aliphatic heterocycles. The first-order valence-corrected chi connectivity index (χ1v) is 8.66. The monoisotopic (exact) mass is 327 g/mol. The van der Waals surface area contributed by atoms with Crippen LogP contribution in [0, 0.1) is 5.92 Å². The minimum Gasteiger partial charge on any atom is -0.381 e. The van der Waals surface area contributed by atoms with E-state index in [2.05, 4.69) is 12.0 Å². The number of carbonyl (C=O) groups is 1. The highest BCUT2D eigenvalue weighted by molar-refractivity contribution is 5.95. The van der Waals surface area contributed by atoms with E-state index in [9.17, 15) is 4.79 Å². The Morgan fingerprint density at radius 2 is 2.17 bits per heavy atom. The summed E-state index contributed by atoms with van der Waals surface area (Å²) in [6.45, 7) is 4.42. The van der Waals surface area contributed by atoms with Crippen LogP contribution in [0.1, 0.15) is 35.8 Å². The fraction of sp³-hybridized carbons (Fsp3) is 0.474. The molecule has 0 unspecified atom stereocenters. The average molecular weight is 327 g/mol. The van der Waals surface area contributed by atoms with Gasteiger partial charge in [-0.1, -0.05) is 31.5 Å². The molecule has 128 valence electrons. The highest BCUT2D eigenvalue weighted by Crippen LogP contribution is 2.20. The third-order valence-corrected chi connectivity index (χ3v) is 4.49. The van der Waals surface area contributed by atoms with Crippen LogP contribution >= 0.6 is 0 Å². The van der Waals surface area contributed by atoms with Crippen LogP contribution in [0.4, 0.5) is 0 Å². The van der Waals surface area contributed by atoms with E-state index in [0.717, 1.165) is 50.4 Å². The molecule has 24 heavy (non-hydrogen) atoms. The van der Waals surface area contributed by atoms with Crippen LogP contribution in [0.5, 0.6) is 0 Å². The number of aromatic nitrogens is 2. The minimum atomic E-state index is 0.0486. The predicted molar refractivity (Wildman–Crippen MR) is 93.4 cm³/mol. The second kappa shape index (κ2) is 7.62. The lowest BCUT2D eigenvalue weighted by atomic mass is 10.1. The first-order chi connectivity index (χ1) is 11.7. The van der Waals surface area contributed by atoms with Crippen molar-refractivity contribution in [3.63, 3.8) is 0 Å². The van der Waals surface area contributed by atoms with Crippen LogP contribution in [-0.2, 0) is 11.2 Å². The first kappa shape index (κ1) is 16.7. The number of amides is 1. The van der Waals surface area contributed by atoms with E-state index in [1.54, 1.807) is 6.20 Å². The lowest BCUT2D eigenvalue weighted by molar-refractivity contribution is 0.0765. The van der Waals surface area contributed by atoms with Crippen molar-refractivity contribution >= 4 is 5.91 Å². The van der Waals surface area contributed by atoms with E-state index in [1.807, 2.05) is 47.0 Å². The van der Waals surface area contributed by atoms with Crippen molar-refractivity contribution in [1.82, 2.24) is 14.7 Å². The molecule has 5 heteroatoms. The summed E-state index contributed by atoms with van der Waals surface area (Å²) in [4.78, 5) is 14.7. The van der Waals surface area contributed by atoms with Crippen LogP contribution in [0.25, 0.3) is 5.69 Å². The lowest BCUT2D eigenvalue weighted by Crippen LogP contribution is -2.32. The highest BCUT2D eigenvalue weighted by atomic mass is 16.5. The number of nitrogens with zero attached hydrogens (tertiary/aromatic N) is 3. The summed E-state index contributed by atoms with van der Waals surface area (Å²) in [6, 6.07) is 9.98. The Morgan fingerprint density at radius 1 is 1.38 bits per heavy atom. The zero-order valence-electron chi connectivity index (χ0n) is 14.4. The normalized spacial score (nSPS) is 17.2. The topological polar surface area (TPSA) is 47.4 Å². The van der Waals surface area contributed by atoms with Gasteiger partial charge in [-0.2, -0.15) is 5.10 Å². The van der Waals surface area contributed by atoms with Crippen molar-refractivity contribution < 1.29 is 9.53 Å². The summed E-state index contributed by atoms with van der Waals surface area (Å²) in [6.07, 6.45) is 4.54. The molecule has 0 spiro atoms. The van der Waals surface area contributed by atoms with Crippen molar-refractivity contribution in [3.8, 4) is 5.69 Å². The molecule has 1 amide bonds. The zero-order chi connectivity index (χ0) is 16.9. The smallest absolute Gasteiger partial charge is 0.257 e. The van der Waals surface area contributed by atoms with Crippen molar-refractivity contribution in [1.29, 1.82) is 0 Å². The maximum atomic E-state index is 12.9. The molecule has 0 bridgehead atoms. The second-order valence-corrected chi connectivity index (χ2v) is 6.42. The van der Waals surface area contributed by atoms with Gasteiger partial charge in [-0.25, -0.2) is 4.68 Å². The molecule has 2 aromatic rings. The predicted octanol–water partition coefficient (Wildman–Crippen LogP) is 2.93. The van der Waals surface area contributed by atoms with Gasteiger partial charge in [0.05, 0.1) is 29.7 Å². The molecule has 0 saturated carbocycles. The van der Waals surface area contributed by atoms with Crippen LogP contribution in [-0.4, -0.2) is 47.4 Å². The van der Waals surface area contributed by atoms with Gasteiger partial charge in [-0.05, 0) is 25.0 Å². The molecule has 1 aromatic carbocycles. The average Bonchev–Trinajstić information content (AvgIpc) is 3.25. The summed E-state index contributed by atoms with van der Waals surface area (Å²) in [5.74, 6) is 0.491. The number of carbonyl (C=O) groups excluding carboxylic acids is 1. The quantitative estimate of drug-likeness (QED) is 0.819. The van der Waals surface area contributed by atoms with Crippen LogP contribution in [0.2, 0.25) is 0 Å². The molecular formula is C19H25N3O2. The van der Waals surface area contributed by atoms with E-state index < -0.39 is 0 Å². The molecule has 1 atom stereocenters. The number of hydrogen-bond acceptors (Lipinski definition) is 3. The minimum absolute atomic E-state index is 0.0486. The van der Waals surface area contributed by atoms with Gasteiger partial charge in [0.1, 0.15) is 0 Å². The molecule has 1 saturated heterocycles. The maximum Gasteiger partial charge on any atom is 0.257 e. The fourth-order valence-electron chi connectivity index (χ4n) is 3.22. The maximum absolute atomic E-state index is 12.9. The fourth-order valence-corrected chi connectivity index (χ4v) is 3.22. The van der Waals surface area contributed by atoms with Gasteiger partial charge in [-0.3, -0.25) is 4.79 Å². The summed E-state index contributed by atoms with van der Waals surface area (Å²) < 4.78 is 7.31. The van der Waals surface area contributed by atoms with Gasteiger partial charge in [-0.15, -0.1) is 0 Å². The van der Waals surface area contributed by atoms with Gasteiger partial charge in [0, 0.05) is 26.1 Å². The third kappa shape index (κ3) is 3.51. The van der Waals surface area contributed by atoms with Crippen LogP contribution < -0.4 is 0 Å². The van der Waals surface area contributed by atoms with E-state index in [-0.39, 0.29) is 5.91 Å². The number of benzene rings is 1. The van der Waals surface area contributed by atoms with Gasteiger partial charge in [0.2, 0.25) is 0 Å². The summed E-state index contributed by atoms with van der Waals surface area (Å²) >= 11 is 0. The molecule has 2 heterocycles. The van der Waals surface area contributed by atoms with Gasteiger partial charge >= 0.3 is 0 Å². The number of rotatable bonds is 6. The molecule has 0 N–H and O–H groups in total. The van der Waals surface area contributed by atoms with E-state index in [0.29, 0.717) is 11.5 Å². The molecule has 0 aliphatic carbocycles. The van der Waals surface area contributed by atoms with E-state index in [4.69, 9.17) is 4.74 Å². The SMILES string of the molecule is CCCc1c(C(=O)N(C)C[C@H]2CCOC2)cnn1-c1ccccc1. The molecule has 5 nitrogen and oxygen atoms in total. The standard InChI is InChI=1S/C19H25N3O2/c1-3-7-18-17(12-20-22(18)16-8-5-4-6-9-16)19(23)21(2)13-15-10-11-24-14-15/h4-6,8-9,12,15H,3,7,10-11,13-14H2,1-2H3/t15-/m1/s1. The Hall–Kier alpha value is -2.14. The van der Waals surface area contributed by atoms with Crippen molar-refractivity contribution in [3.05, 3.63) is 47.8 Å². The molecule has 1 aliphatic rings. The Bertz CT molecular complexity index is 675. The zero-order valence-corrected chi connectivity index (χ0v) is 14.4. The molecule has 1 aromatic heterocycles. The lowest BCUT2D eigenvalue weighted by Gasteiger charge is -2.20. The van der Waals surface area contributed by atoms with Crippen LogP contribution in [0.3, 0.4) is 0 Å². The summed E-state index contributed by atoms with van der Waals surface area (Å²) in [5, 5.41) is 4.48. The molecule has 3 rings (SSSR count). The van der Waals surface area contributed by atoms with Gasteiger partial charge in [0.15, 0.2) is 0 Å². The van der Waals surface area contributed by atoms with Crippen molar-refractivity contribution in [2.75, 3.05) is 26.8 Å². The Balaban J connectivity index is 1.84. The Labute approximate surface area is 143 Å². The highest BCUT2D eigenvalue weighted by Gasteiger charge is 2.24. The van der Waals surface area contributed by atoms with Crippen LogP contribution in [0.15, 0.2) is 36.5 Å². The summed E-state index contributed by atoms with van der Waals surface area (Å²) in [7, 11) is 1.87. The molecule has 0 radical (unpaired) electrons. The summed E-state index contributed by atoms with van der Waals surface area (Å²) in [5.41, 5.74) is 2.69. The van der Waals surface area contributed by atoms with Crippen molar-refractivity contribution in [2.45, 2.75) is 26.2 Å². The Morgan fingerprint density at radius 3 is 2.83 bits per heavy atom. The number of ether oxygens (including phenoxy) is 1. The largest absolute Gasteiger partial charge is 0.381 e. The first-order valence-electron chi connectivity index (χ1n) is 8.66. The van der Waals surface area contributed by atoms with Gasteiger partial charge in [0.25, 0.3) is 5.91 Å². The third-order valence-electron chi connectivity index (χ3n) is 4.49. The molecular weight excluding hydrogens is 302 g/mol. The van der Waals surface area contributed by atoms with Crippen molar-refractivity contribution in [2.24, 2.45) is 5.92 Å². The number of hydrogen-bond donors (Lipinski definition) is 0.